The monoisotopic (exact) mass is 345 g/mol. The standard InChI is InChI=1S/C19H20FNO2S/c20-19-16(6-3-7-17(19)24(21,22)23)18-14-8-9-15(18)11-13-5-2-1-4-12(13)10-14/h1-7,14-15,18H,8-11H2,(H2,21,22,23). The van der Waals surface area contributed by atoms with Gasteiger partial charge in [0.25, 0.3) is 0 Å². The first kappa shape index (κ1) is 15.8. The van der Waals surface area contributed by atoms with Gasteiger partial charge in [0.2, 0.25) is 10.0 Å². The van der Waals surface area contributed by atoms with Crippen molar-refractivity contribution >= 4 is 10.0 Å². The third-order valence-electron chi connectivity index (χ3n) is 5.67. The van der Waals surface area contributed by atoms with Crippen LogP contribution in [0, 0.1) is 17.7 Å². The second-order valence-corrected chi connectivity index (χ2v) is 8.53. The van der Waals surface area contributed by atoms with E-state index in [4.69, 9.17) is 5.14 Å². The van der Waals surface area contributed by atoms with Gasteiger partial charge in [0.15, 0.2) is 0 Å². The van der Waals surface area contributed by atoms with Gasteiger partial charge in [0.05, 0.1) is 0 Å². The lowest BCUT2D eigenvalue weighted by molar-refractivity contribution is 0.403. The van der Waals surface area contributed by atoms with Gasteiger partial charge < -0.3 is 0 Å². The number of halogens is 1. The smallest absolute Gasteiger partial charge is 0.225 e. The van der Waals surface area contributed by atoms with Crippen molar-refractivity contribution in [3.63, 3.8) is 0 Å². The Morgan fingerprint density at radius 3 is 2.04 bits per heavy atom. The van der Waals surface area contributed by atoms with E-state index in [9.17, 15) is 12.8 Å². The van der Waals surface area contributed by atoms with Gasteiger partial charge in [-0.25, -0.2) is 17.9 Å². The van der Waals surface area contributed by atoms with Crippen LogP contribution >= 0.6 is 0 Å². The van der Waals surface area contributed by atoms with Crippen LogP contribution in [0.1, 0.15) is 35.4 Å². The molecule has 0 saturated heterocycles. The summed E-state index contributed by atoms with van der Waals surface area (Å²) >= 11 is 0. The van der Waals surface area contributed by atoms with E-state index >= 15 is 0 Å². The molecule has 0 aliphatic heterocycles. The summed E-state index contributed by atoms with van der Waals surface area (Å²) in [6.45, 7) is 0. The first-order valence-corrected chi connectivity index (χ1v) is 9.88. The van der Waals surface area contributed by atoms with Crippen molar-refractivity contribution in [3.8, 4) is 0 Å². The Hall–Kier alpha value is -1.72. The zero-order chi connectivity index (χ0) is 16.9. The van der Waals surface area contributed by atoms with E-state index in [0.717, 1.165) is 25.7 Å². The Morgan fingerprint density at radius 1 is 0.917 bits per heavy atom. The average Bonchev–Trinajstić information content (AvgIpc) is 2.81. The number of primary sulfonamides is 1. The summed E-state index contributed by atoms with van der Waals surface area (Å²) in [4.78, 5) is -0.388. The van der Waals surface area contributed by atoms with Crippen LogP contribution in [0.15, 0.2) is 47.4 Å². The largest absolute Gasteiger partial charge is 0.240 e. The topological polar surface area (TPSA) is 60.2 Å². The van der Waals surface area contributed by atoms with Crippen molar-refractivity contribution in [3.05, 3.63) is 65.0 Å². The van der Waals surface area contributed by atoms with Gasteiger partial charge in [0.1, 0.15) is 10.7 Å². The fraction of sp³-hybridized carbons (Fsp3) is 0.368. The minimum absolute atomic E-state index is 0.0547. The molecule has 0 amide bonds. The van der Waals surface area contributed by atoms with Gasteiger partial charge in [-0.2, -0.15) is 0 Å². The summed E-state index contributed by atoms with van der Waals surface area (Å²) in [6.07, 6.45) is 3.97. The average molecular weight is 345 g/mol. The van der Waals surface area contributed by atoms with Crippen LogP contribution in [0.4, 0.5) is 4.39 Å². The summed E-state index contributed by atoms with van der Waals surface area (Å²) in [5.74, 6) is 0.0970. The van der Waals surface area contributed by atoms with E-state index in [0.29, 0.717) is 17.4 Å². The molecule has 3 nitrogen and oxygen atoms in total. The zero-order valence-corrected chi connectivity index (χ0v) is 14.1. The van der Waals surface area contributed by atoms with Crippen molar-refractivity contribution in [1.29, 1.82) is 0 Å². The van der Waals surface area contributed by atoms with Crippen LogP contribution in [0.5, 0.6) is 0 Å². The summed E-state index contributed by atoms with van der Waals surface area (Å²) in [5.41, 5.74) is 3.21. The van der Waals surface area contributed by atoms with Crippen molar-refractivity contribution in [2.75, 3.05) is 0 Å². The molecule has 126 valence electrons. The van der Waals surface area contributed by atoms with Crippen LogP contribution in [0.2, 0.25) is 0 Å². The van der Waals surface area contributed by atoms with Gasteiger partial charge in [-0.1, -0.05) is 36.4 Å². The Morgan fingerprint density at radius 2 is 1.50 bits per heavy atom. The molecule has 24 heavy (non-hydrogen) atoms. The highest BCUT2D eigenvalue weighted by atomic mass is 32.2. The number of hydrogen-bond acceptors (Lipinski definition) is 2. The summed E-state index contributed by atoms with van der Waals surface area (Å²) in [5, 5.41) is 5.17. The van der Waals surface area contributed by atoms with Crippen LogP contribution in [-0.2, 0) is 22.9 Å². The van der Waals surface area contributed by atoms with Crippen LogP contribution in [0.25, 0.3) is 0 Å². The number of fused-ring (bicyclic) bond motifs is 3. The molecule has 2 bridgehead atoms. The van der Waals surface area contributed by atoms with Crippen molar-refractivity contribution < 1.29 is 12.8 Å². The van der Waals surface area contributed by atoms with Crippen LogP contribution in [-0.4, -0.2) is 8.42 Å². The van der Waals surface area contributed by atoms with Crippen molar-refractivity contribution in [2.24, 2.45) is 17.0 Å². The highest BCUT2D eigenvalue weighted by Crippen LogP contribution is 2.50. The van der Waals surface area contributed by atoms with E-state index in [1.54, 1.807) is 12.1 Å². The van der Waals surface area contributed by atoms with Crippen LogP contribution in [0.3, 0.4) is 0 Å². The molecule has 1 saturated carbocycles. The van der Waals surface area contributed by atoms with E-state index in [2.05, 4.69) is 24.3 Å². The Labute approximate surface area is 141 Å². The predicted octanol–water partition coefficient (Wildman–Crippen LogP) is 3.38. The van der Waals surface area contributed by atoms with Crippen LogP contribution < -0.4 is 5.14 Å². The number of hydrogen-bond donors (Lipinski definition) is 1. The molecule has 2 atom stereocenters. The molecule has 2 aliphatic rings. The van der Waals surface area contributed by atoms with Crippen molar-refractivity contribution in [1.82, 2.24) is 0 Å². The molecule has 2 aromatic carbocycles. The zero-order valence-electron chi connectivity index (χ0n) is 13.3. The van der Waals surface area contributed by atoms with E-state index in [-0.39, 0.29) is 10.8 Å². The highest BCUT2D eigenvalue weighted by Gasteiger charge is 2.41. The van der Waals surface area contributed by atoms with E-state index in [1.165, 1.54) is 17.2 Å². The second kappa shape index (κ2) is 5.67. The molecule has 2 N–H and O–H groups in total. The number of nitrogens with two attached hydrogens (primary N) is 1. The maximum atomic E-state index is 14.9. The number of benzene rings is 2. The first-order valence-electron chi connectivity index (χ1n) is 8.33. The maximum absolute atomic E-state index is 14.9. The molecule has 2 aromatic rings. The minimum atomic E-state index is -4.05. The van der Waals surface area contributed by atoms with E-state index < -0.39 is 15.8 Å². The molecule has 4 rings (SSSR count). The molecule has 2 aliphatic carbocycles. The normalized spacial score (nSPS) is 26.0. The molecule has 0 heterocycles. The van der Waals surface area contributed by atoms with E-state index in [1.807, 2.05) is 0 Å². The highest BCUT2D eigenvalue weighted by molar-refractivity contribution is 7.89. The van der Waals surface area contributed by atoms with Gasteiger partial charge in [-0.15, -0.1) is 0 Å². The fourth-order valence-corrected chi connectivity index (χ4v) is 5.30. The molecule has 2 unspecified atom stereocenters. The molecule has 0 aromatic heterocycles. The van der Waals surface area contributed by atoms with Gasteiger partial charge in [0, 0.05) is 0 Å². The first-order chi connectivity index (χ1) is 11.4. The lowest BCUT2D eigenvalue weighted by Crippen LogP contribution is -2.19. The quantitative estimate of drug-likeness (QED) is 0.907. The molecule has 1 fully saturated rings. The van der Waals surface area contributed by atoms with Gasteiger partial charge in [-0.3, -0.25) is 0 Å². The molecule has 0 spiro atoms. The maximum Gasteiger partial charge on any atom is 0.240 e. The molecule has 5 heteroatoms. The Bertz CT molecular complexity index is 861. The lowest BCUT2D eigenvalue weighted by Gasteiger charge is -2.24. The molecule has 0 radical (unpaired) electrons. The SMILES string of the molecule is NS(=O)(=O)c1cccc(C2C3CCC2Cc2ccccc2C3)c1F. The Balaban J connectivity index is 1.79. The second-order valence-electron chi connectivity index (χ2n) is 7.00. The Kier molecular flexibility index (Phi) is 3.73. The summed E-state index contributed by atoms with van der Waals surface area (Å²) in [7, 11) is -4.05. The lowest BCUT2D eigenvalue weighted by atomic mass is 9.81. The number of rotatable bonds is 2. The van der Waals surface area contributed by atoms with Gasteiger partial charge >= 0.3 is 0 Å². The van der Waals surface area contributed by atoms with Crippen molar-refractivity contribution in [2.45, 2.75) is 36.5 Å². The summed E-state index contributed by atoms with van der Waals surface area (Å²) < 4.78 is 38.2. The third-order valence-corrected chi connectivity index (χ3v) is 6.59. The third kappa shape index (κ3) is 2.56. The van der Waals surface area contributed by atoms with Gasteiger partial charge in [-0.05, 0) is 66.2 Å². The summed E-state index contributed by atoms with van der Waals surface area (Å²) in [6, 6.07) is 13.0. The molecular weight excluding hydrogens is 325 g/mol. The fourth-order valence-electron chi connectivity index (χ4n) is 4.66. The molecular formula is C19H20FNO2S. The minimum Gasteiger partial charge on any atom is -0.225 e. The predicted molar refractivity (Wildman–Crippen MR) is 90.6 cm³/mol. The number of sulfonamides is 1.